The van der Waals surface area contributed by atoms with Crippen LogP contribution < -0.4 is 10.5 Å². The molecule has 1 aliphatic heterocycles. The molecule has 0 spiro atoms. The largest absolute Gasteiger partial charge is 0.496 e. The third-order valence-electron chi connectivity index (χ3n) is 4.88. The zero-order valence-corrected chi connectivity index (χ0v) is 16.2. The van der Waals surface area contributed by atoms with E-state index in [-0.39, 0.29) is 18.4 Å². The van der Waals surface area contributed by atoms with Gasteiger partial charge < -0.3 is 10.5 Å². The number of nitrogens with two attached hydrogens (primary N) is 1. The summed E-state index contributed by atoms with van der Waals surface area (Å²) in [6.07, 6.45) is 3.18. The Bertz CT molecular complexity index is 671. The van der Waals surface area contributed by atoms with Crippen LogP contribution in [0.3, 0.4) is 0 Å². The van der Waals surface area contributed by atoms with Crippen molar-refractivity contribution in [3.63, 3.8) is 0 Å². The predicted molar refractivity (Wildman–Crippen MR) is 95.5 cm³/mol. The fourth-order valence-corrected chi connectivity index (χ4v) is 5.88. The smallest absolute Gasteiger partial charge is 0.243 e. The van der Waals surface area contributed by atoms with Crippen LogP contribution in [0.25, 0.3) is 0 Å². The molecule has 1 heterocycles. The van der Waals surface area contributed by atoms with Crippen LogP contribution in [0.15, 0.2) is 27.6 Å². The number of benzene rings is 1. The summed E-state index contributed by atoms with van der Waals surface area (Å²) in [7, 11) is -1.92. The molecule has 1 saturated carbocycles. The Morgan fingerprint density at radius 3 is 2.65 bits per heavy atom. The van der Waals surface area contributed by atoms with Gasteiger partial charge in [-0.1, -0.05) is 6.42 Å². The van der Waals surface area contributed by atoms with Crippen LogP contribution in [-0.2, 0) is 10.0 Å². The molecule has 3 unspecified atom stereocenters. The van der Waals surface area contributed by atoms with Gasteiger partial charge >= 0.3 is 0 Å². The second kappa shape index (κ2) is 7.27. The van der Waals surface area contributed by atoms with Gasteiger partial charge in [-0.3, -0.25) is 0 Å². The summed E-state index contributed by atoms with van der Waals surface area (Å²) in [5, 5.41) is 0. The number of hydrogen-bond donors (Lipinski definition) is 1. The lowest BCUT2D eigenvalue weighted by Crippen LogP contribution is -2.38. The molecule has 2 fully saturated rings. The van der Waals surface area contributed by atoms with Gasteiger partial charge in [0.15, 0.2) is 0 Å². The maximum atomic E-state index is 12.9. The van der Waals surface area contributed by atoms with E-state index in [1.807, 2.05) is 0 Å². The minimum Gasteiger partial charge on any atom is -0.496 e. The van der Waals surface area contributed by atoms with Crippen LogP contribution in [0.2, 0.25) is 0 Å². The van der Waals surface area contributed by atoms with Gasteiger partial charge in [-0.25, -0.2) is 8.42 Å². The summed E-state index contributed by atoms with van der Waals surface area (Å²) < 4.78 is 33.1. The third-order valence-corrected chi connectivity index (χ3v) is 7.33. The Balaban J connectivity index is 0.00000192. The molecule has 130 valence electrons. The standard InChI is InChI=1S/C15H21BrN2O3S.ClH/c1-21-15-6-5-11(7-13(15)16)22(19,20)18-8-10-3-2-4-14(17)12(10)9-18;/h5-7,10,12,14H,2-4,8-9,17H2,1H3;1H. The minimum atomic E-state index is -3.48. The van der Waals surface area contributed by atoms with Crippen molar-refractivity contribution >= 4 is 38.4 Å². The summed E-state index contributed by atoms with van der Waals surface area (Å²) in [5.74, 6) is 1.32. The maximum Gasteiger partial charge on any atom is 0.243 e. The number of nitrogens with zero attached hydrogens (tertiary/aromatic N) is 1. The number of hydrogen-bond acceptors (Lipinski definition) is 4. The quantitative estimate of drug-likeness (QED) is 0.808. The summed E-state index contributed by atoms with van der Waals surface area (Å²) in [4.78, 5) is 0.299. The second-order valence-corrected chi connectivity index (χ2v) is 8.93. The van der Waals surface area contributed by atoms with Crippen molar-refractivity contribution in [2.45, 2.75) is 30.2 Å². The number of halogens is 2. The van der Waals surface area contributed by atoms with Gasteiger partial charge in [-0.05, 0) is 58.8 Å². The van der Waals surface area contributed by atoms with Crippen molar-refractivity contribution < 1.29 is 13.2 Å². The van der Waals surface area contributed by atoms with Crippen LogP contribution in [0.4, 0.5) is 0 Å². The lowest BCUT2D eigenvalue weighted by atomic mass is 9.78. The molecule has 0 radical (unpaired) electrons. The molecular weight excluding hydrogens is 404 g/mol. The van der Waals surface area contributed by atoms with Gasteiger partial charge in [0.2, 0.25) is 10.0 Å². The fourth-order valence-electron chi connectivity index (χ4n) is 3.63. The Morgan fingerprint density at radius 2 is 2.04 bits per heavy atom. The van der Waals surface area contributed by atoms with Crippen molar-refractivity contribution in [2.24, 2.45) is 17.6 Å². The van der Waals surface area contributed by atoms with Gasteiger partial charge in [-0.15, -0.1) is 12.4 Å². The van der Waals surface area contributed by atoms with Crippen molar-refractivity contribution in [1.82, 2.24) is 4.31 Å². The van der Waals surface area contributed by atoms with E-state index in [0.717, 1.165) is 19.3 Å². The van der Waals surface area contributed by atoms with Crippen LogP contribution in [-0.4, -0.2) is 39.0 Å². The minimum absolute atomic E-state index is 0. The van der Waals surface area contributed by atoms with Crippen molar-refractivity contribution in [3.05, 3.63) is 22.7 Å². The average molecular weight is 426 g/mol. The van der Waals surface area contributed by atoms with Gasteiger partial charge in [0.05, 0.1) is 16.5 Å². The first-order valence-corrected chi connectivity index (χ1v) is 9.76. The van der Waals surface area contributed by atoms with E-state index in [1.165, 1.54) is 0 Å². The SMILES string of the molecule is COc1ccc(S(=O)(=O)N2CC3CCCC(N)C3C2)cc1Br.Cl. The molecule has 1 saturated heterocycles. The Morgan fingerprint density at radius 1 is 1.30 bits per heavy atom. The Labute approximate surface area is 152 Å². The molecule has 2 aliphatic rings. The number of ether oxygens (including phenoxy) is 1. The summed E-state index contributed by atoms with van der Waals surface area (Å²) in [5.41, 5.74) is 6.18. The predicted octanol–water partition coefficient (Wildman–Crippen LogP) is 2.63. The number of fused-ring (bicyclic) bond motifs is 1. The van der Waals surface area contributed by atoms with E-state index in [4.69, 9.17) is 10.5 Å². The average Bonchev–Trinajstić information content (AvgIpc) is 2.93. The van der Waals surface area contributed by atoms with Gasteiger partial charge in [-0.2, -0.15) is 4.31 Å². The highest BCUT2D eigenvalue weighted by atomic mass is 79.9. The maximum absolute atomic E-state index is 12.9. The Kier molecular flexibility index (Phi) is 6.00. The zero-order chi connectivity index (χ0) is 15.9. The van der Waals surface area contributed by atoms with E-state index in [9.17, 15) is 8.42 Å². The van der Waals surface area contributed by atoms with Crippen LogP contribution in [0, 0.1) is 11.8 Å². The molecule has 2 N–H and O–H groups in total. The van der Waals surface area contributed by atoms with E-state index in [1.54, 1.807) is 29.6 Å². The summed E-state index contributed by atoms with van der Waals surface area (Å²) >= 11 is 3.35. The molecular formula is C15H22BrClN2O3S. The molecule has 3 rings (SSSR count). The lowest BCUT2D eigenvalue weighted by molar-refractivity contribution is 0.260. The summed E-state index contributed by atoms with van der Waals surface area (Å²) in [6.45, 7) is 1.13. The molecule has 0 bridgehead atoms. The highest BCUT2D eigenvalue weighted by Crippen LogP contribution is 2.38. The van der Waals surface area contributed by atoms with E-state index in [2.05, 4.69) is 15.9 Å². The van der Waals surface area contributed by atoms with E-state index < -0.39 is 10.0 Å². The van der Waals surface area contributed by atoms with Crippen LogP contribution in [0.5, 0.6) is 5.75 Å². The fraction of sp³-hybridized carbons (Fsp3) is 0.600. The van der Waals surface area contributed by atoms with Gasteiger partial charge in [0.25, 0.3) is 0 Å². The molecule has 8 heteroatoms. The topological polar surface area (TPSA) is 72.6 Å². The van der Waals surface area contributed by atoms with E-state index in [0.29, 0.717) is 40.0 Å². The van der Waals surface area contributed by atoms with Crippen LogP contribution >= 0.6 is 28.3 Å². The molecule has 5 nitrogen and oxygen atoms in total. The van der Waals surface area contributed by atoms with Crippen LogP contribution in [0.1, 0.15) is 19.3 Å². The second-order valence-electron chi connectivity index (χ2n) is 6.14. The summed E-state index contributed by atoms with van der Waals surface area (Å²) in [6, 6.07) is 5.00. The van der Waals surface area contributed by atoms with Crippen molar-refractivity contribution in [1.29, 1.82) is 0 Å². The van der Waals surface area contributed by atoms with E-state index >= 15 is 0 Å². The monoisotopic (exact) mass is 424 g/mol. The molecule has 1 aliphatic carbocycles. The molecule has 1 aromatic rings. The van der Waals surface area contributed by atoms with Gasteiger partial charge in [0, 0.05) is 19.1 Å². The molecule has 0 aromatic heterocycles. The normalized spacial score (nSPS) is 28.0. The van der Waals surface area contributed by atoms with Crippen molar-refractivity contribution in [2.75, 3.05) is 20.2 Å². The molecule has 23 heavy (non-hydrogen) atoms. The third kappa shape index (κ3) is 3.54. The first-order valence-electron chi connectivity index (χ1n) is 7.52. The highest BCUT2D eigenvalue weighted by Gasteiger charge is 2.43. The molecule has 0 amide bonds. The Hall–Kier alpha value is -0.340. The zero-order valence-electron chi connectivity index (χ0n) is 12.9. The molecule has 1 aromatic carbocycles. The first kappa shape index (κ1) is 19.0. The number of rotatable bonds is 3. The lowest BCUT2D eigenvalue weighted by Gasteiger charge is -2.29. The first-order chi connectivity index (χ1) is 10.4. The van der Waals surface area contributed by atoms with Gasteiger partial charge in [0.1, 0.15) is 5.75 Å². The van der Waals surface area contributed by atoms with Crippen molar-refractivity contribution in [3.8, 4) is 5.75 Å². The highest BCUT2D eigenvalue weighted by molar-refractivity contribution is 9.10. The molecule has 3 atom stereocenters. The number of methoxy groups -OCH3 is 1. The number of sulfonamides is 1.